The van der Waals surface area contributed by atoms with E-state index in [0.717, 1.165) is 24.0 Å². The summed E-state index contributed by atoms with van der Waals surface area (Å²) >= 11 is 0. The number of unbranched alkanes of at least 4 members (excludes halogenated alkanes) is 2. The van der Waals surface area contributed by atoms with Gasteiger partial charge in [-0.1, -0.05) is 57.4 Å². The van der Waals surface area contributed by atoms with E-state index in [1.807, 2.05) is 45.9 Å². The predicted octanol–water partition coefficient (Wildman–Crippen LogP) is 4.20. The molecule has 0 saturated heterocycles. The monoisotopic (exact) mass is 519 g/mol. The molecule has 1 aromatic rings. The lowest BCUT2D eigenvalue weighted by molar-refractivity contribution is -0.145. The third kappa shape index (κ3) is 10.4. The molecule has 0 saturated carbocycles. The van der Waals surface area contributed by atoms with E-state index in [-0.39, 0.29) is 12.5 Å². The van der Waals surface area contributed by atoms with Gasteiger partial charge < -0.3 is 25.0 Å². The van der Waals surface area contributed by atoms with Crippen LogP contribution in [0.5, 0.6) is 0 Å². The average Bonchev–Trinajstić information content (AvgIpc) is 2.80. The maximum atomic E-state index is 14.1. The molecule has 9 nitrogen and oxygen atoms in total. The number of methoxy groups -OCH3 is 1. The molecule has 0 aliphatic carbocycles. The van der Waals surface area contributed by atoms with E-state index in [0.29, 0.717) is 18.5 Å². The molecule has 37 heavy (non-hydrogen) atoms. The molecule has 208 valence electrons. The van der Waals surface area contributed by atoms with Crippen LogP contribution >= 0.6 is 0 Å². The number of rotatable bonds is 12. The molecule has 3 amide bonds. The van der Waals surface area contributed by atoms with Crippen LogP contribution < -0.4 is 10.6 Å². The van der Waals surface area contributed by atoms with Gasteiger partial charge in [0.2, 0.25) is 11.8 Å². The van der Waals surface area contributed by atoms with E-state index in [9.17, 15) is 19.2 Å². The van der Waals surface area contributed by atoms with E-state index >= 15 is 0 Å². The van der Waals surface area contributed by atoms with Crippen molar-refractivity contribution >= 4 is 23.9 Å². The minimum absolute atomic E-state index is 0.272. The van der Waals surface area contributed by atoms with Gasteiger partial charge in [-0.15, -0.1) is 0 Å². The molecule has 0 bridgehead atoms. The largest absolute Gasteiger partial charge is 0.468 e. The highest BCUT2D eigenvalue weighted by atomic mass is 16.6. The van der Waals surface area contributed by atoms with Gasteiger partial charge >= 0.3 is 12.1 Å². The van der Waals surface area contributed by atoms with Gasteiger partial charge in [0.05, 0.1) is 7.11 Å². The van der Waals surface area contributed by atoms with E-state index in [1.165, 1.54) is 12.0 Å². The quantitative estimate of drug-likeness (QED) is 0.316. The molecule has 2 atom stereocenters. The minimum Gasteiger partial charge on any atom is -0.468 e. The van der Waals surface area contributed by atoms with E-state index < -0.39 is 41.6 Å². The standard InChI is InChI=1S/C28H45N3O6/c1-10-11-12-15-31(26(34)23(18(2)3)30-27(35)37-28(6,7)8)24(25(33)29-17-22(32)36-9)21-16-19(4)13-14-20(21)5/h13-14,16,18,23-24H,10-12,15,17H2,1-9H3,(H,29,33)(H,30,35). The van der Waals surface area contributed by atoms with Crippen LogP contribution in [-0.2, 0) is 23.9 Å². The zero-order valence-electron chi connectivity index (χ0n) is 23.9. The Labute approximate surface area is 221 Å². The number of carbonyl (C=O) groups is 4. The number of nitrogens with zero attached hydrogens (tertiary/aromatic N) is 1. The number of nitrogens with one attached hydrogen (secondary N) is 2. The molecule has 9 heteroatoms. The summed E-state index contributed by atoms with van der Waals surface area (Å²) in [6, 6.07) is 3.79. The first-order valence-electron chi connectivity index (χ1n) is 12.9. The summed E-state index contributed by atoms with van der Waals surface area (Å²) in [4.78, 5) is 53.6. The molecule has 2 unspecified atom stereocenters. The summed E-state index contributed by atoms with van der Waals surface area (Å²) in [5.41, 5.74) is 1.69. The fraction of sp³-hybridized carbons (Fsp3) is 0.643. The fourth-order valence-corrected chi connectivity index (χ4v) is 3.86. The summed E-state index contributed by atoms with van der Waals surface area (Å²) < 4.78 is 10.1. The summed E-state index contributed by atoms with van der Waals surface area (Å²) in [5.74, 6) is -1.76. The SMILES string of the molecule is CCCCCN(C(=O)C(NC(=O)OC(C)(C)C)C(C)C)C(C(=O)NCC(=O)OC)c1cc(C)ccc1C. The second-order valence-electron chi connectivity index (χ2n) is 10.7. The lowest BCUT2D eigenvalue weighted by atomic mass is 9.94. The fourth-order valence-electron chi connectivity index (χ4n) is 3.86. The Bertz CT molecular complexity index is 938. The topological polar surface area (TPSA) is 114 Å². The lowest BCUT2D eigenvalue weighted by Gasteiger charge is -2.36. The molecule has 2 N–H and O–H groups in total. The number of ether oxygens (including phenoxy) is 2. The zero-order chi connectivity index (χ0) is 28.3. The first-order chi connectivity index (χ1) is 17.2. The van der Waals surface area contributed by atoms with Crippen LogP contribution in [-0.4, -0.2) is 60.6 Å². The zero-order valence-corrected chi connectivity index (χ0v) is 23.9. The average molecular weight is 520 g/mol. The Morgan fingerprint density at radius 2 is 1.70 bits per heavy atom. The van der Waals surface area contributed by atoms with Crippen molar-refractivity contribution in [3.05, 3.63) is 34.9 Å². The summed E-state index contributed by atoms with van der Waals surface area (Å²) in [7, 11) is 1.24. The van der Waals surface area contributed by atoms with Gasteiger partial charge in [-0.25, -0.2) is 4.79 Å². The maximum Gasteiger partial charge on any atom is 0.408 e. The second-order valence-corrected chi connectivity index (χ2v) is 10.7. The van der Waals surface area contributed by atoms with Crippen LogP contribution in [0.25, 0.3) is 0 Å². The van der Waals surface area contributed by atoms with Crippen molar-refractivity contribution in [2.45, 2.75) is 92.3 Å². The third-order valence-electron chi connectivity index (χ3n) is 5.81. The summed E-state index contributed by atoms with van der Waals surface area (Å²) in [5, 5.41) is 5.34. The molecule has 0 heterocycles. The number of hydrogen-bond acceptors (Lipinski definition) is 6. The normalized spacial score (nSPS) is 12.9. The van der Waals surface area contributed by atoms with Gasteiger partial charge in [-0.05, 0) is 58.1 Å². The van der Waals surface area contributed by atoms with Crippen LogP contribution in [0.15, 0.2) is 18.2 Å². The molecule has 0 aliphatic rings. The van der Waals surface area contributed by atoms with Crippen molar-refractivity contribution in [3.8, 4) is 0 Å². The molecule has 0 aliphatic heterocycles. The van der Waals surface area contributed by atoms with Gasteiger partial charge in [-0.3, -0.25) is 14.4 Å². The lowest BCUT2D eigenvalue weighted by Crippen LogP contribution is -2.55. The first kappa shape index (κ1) is 31.9. The second kappa shape index (κ2) is 14.6. The van der Waals surface area contributed by atoms with Gasteiger partial charge in [-0.2, -0.15) is 0 Å². The Hall–Kier alpha value is -3.10. The van der Waals surface area contributed by atoms with E-state index in [4.69, 9.17) is 4.74 Å². The number of carbonyl (C=O) groups excluding carboxylic acids is 4. The minimum atomic E-state index is -1.00. The molecule has 1 rings (SSSR count). The highest BCUT2D eigenvalue weighted by molar-refractivity contribution is 5.93. The number of alkyl carbamates (subject to hydrolysis) is 1. The number of esters is 1. The molecule has 0 radical (unpaired) electrons. The highest BCUT2D eigenvalue weighted by Gasteiger charge is 2.38. The predicted molar refractivity (Wildman–Crippen MR) is 143 cm³/mol. The van der Waals surface area contributed by atoms with E-state index in [1.54, 1.807) is 20.8 Å². The molecular weight excluding hydrogens is 474 g/mol. The highest BCUT2D eigenvalue weighted by Crippen LogP contribution is 2.28. The van der Waals surface area contributed by atoms with Crippen molar-refractivity contribution in [1.82, 2.24) is 15.5 Å². The van der Waals surface area contributed by atoms with Crippen molar-refractivity contribution in [2.24, 2.45) is 5.92 Å². The molecular formula is C28H45N3O6. The summed E-state index contributed by atoms with van der Waals surface area (Å²) in [6.07, 6.45) is 1.75. The van der Waals surface area contributed by atoms with Crippen LogP contribution in [0.1, 0.15) is 83.5 Å². The number of hydrogen-bond donors (Lipinski definition) is 2. The third-order valence-corrected chi connectivity index (χ3v) is 5.81. The first-order valence-corrected chi connectivity index (χ1v) is 12.9. The molecule has 1 aromatic carbocycles. The molecule has 0 fully saturated rings. The van der Waals surface area contributed by atoms with Crippen LogP contribution in [0, 0.1) is 19.8 Å². The Morgan fingerprint density at radius 1 is 1.05 bits per heavy atom. The van der Waals surface area contributed by atoms with Gasteiger partial charge in [0.1, 0.15) is 24.2 Å². The van der Waals surface area contributed by atoms with Crippen LogP contribution in [0.3, 0.4) is 0 Å². The summed E-state index contributed by atoms with van der Waals surface area (Å²) in [6.45, 7) is 14.7. The molecule has 0 spiro atoms. The van der Waals surface area contributed by atoms with Gasteiger partial charge in [0.15, 0.2) is 0 Å². The van der Waals surface area contributed by atoms with Crippen molar-refractivity contribution in [1.29, 1.82) is 0 Å². The van der Waals surface area contributed by atoms with Crippen LogP contribution in [0.2, 0.25) is 0 Å². The van der Waals surface area contributed by atoms with Crippen molar-refractivity contribution < 1.29 is 28.7 Å². The van der Waals surface area contributed by atoms with Crippen molar-refractivity contribution in [2.75, 3.05) is 20.2 Å². The molecule has 0 aromatic heterocycles. The smallest absolute Gasteiger partial charge is 0.408 e. The number of benzene rings is 1. The Balaban J connectivity index is 3.54. The number of amides is 3. The van der Waals surface area contributed by atoms with E-state index in [2.05, 4.69) is 22.3 Å². The van der Waals surface area contributed by atoms with Crippen LogP contribution in [0.4, 0.5) is 4.79 Å². The maximum absolute atomic E-state index is 14.1. The Kier molecular flexibility index (Phi) is 12.6. The number of aryl methyl sites for hydroxylation is 2. The van der Waals surface area contributed by atoms with Crippen molar-refractivity contribution in [3.63, 3.8) is 0 Å². The Morgan fingerprint density at radius 3 is 2.24 bits per heavy atom. The van der Waals surface area contributed by atoms with Gasteiger partial charge in [0, 0.05) is 6.54 Å². The van der Waals surface area contributed by atoms with Gasteiger partial charge in [0.25, 0.3) is 0 Å².